The van der Waals surface area contributed by atoms with Gasteiger partial charge in [-0.05, 0) is 23.3 Å². The van der Waals surface area contributed by atoms with E-state index in [9.17, 15) is 18.5 Å². The zero-order valence-electron chi connectivity index (χ0n) is 17.2. The van der Waals surface area contributed by atoms with Gasteiger partial charge >= 0.3 is 0 Å². The number of hydrogen-bond donors (Lipinski definition) is 0. The second-order valence-electron chi connectivity index (χ2n) is 7.53. The molecule has 166 valence electrons. The second kappa shape index (κ2) is 9.38. The Balaban J connectivity index is 1.59. The van der Waals surface area contributed by atoms with E-state index in [1.165, 1.54) is 16.4 Å². The molecule has 1 fully saturated rings. The van der Waals surface area contributed by atoms with E-state index < -0.39 is 20.6 Å². The van der Waals surface area contributed by atoms with Gasteiger partial charge in [-0.3, -0.25) is 15.0 Å². The fourth-order valence-corrected chi connectivity index (χ4v) is 5.80. The van der Waals surface area contributed by atoms with Crippen molar-refractivity contribution < 1.29 is 13.3 Å². The Morgan fingerprint density at radius 1 is 0.844 bits per heavy atom. The van der Waals surface area contributed by atoms with Crippen molar-refractivity contribution in [3.05, 3.63) is 105 Å². The zero-order valence-corrected chi connectivity index (χ0v) is 18.7. The van der Waals surface area contributed by atoms with Gasteiger partial charge in [-0.1, -0.05) is 72.3 Å². The molecule has 0 aliphatic carbocycles. The molecule has 32 heavy (non-hydrogen) atoms. The number of benzene rings is 3. The van der Waals surface area contributed by atoms with Gasteiger partial charge in [0.25, 0.3) is 5.69 Å². The van der Waals surface area contributed by atoms with Gasteiger partial charge in [-0.2, -0.15) is 4.31 Å². The summed E-state index contributed by atoms with van der Waals surface area (Å²) >= 11 is 5.85. The molecule has 0 atom stereocenters. The summed E-state index contributed by atoms with van der Waals surface area (Å²) in [7, 11) is -4.03. The fourth-order valence-electron chi connectivity index (χ4n) is 4.08. The molecule has 0 saturated carbocycles. The number of rotatable bonds is 6. The van der Waals surface area contributed by atoms with Crippen LogP contribution in [0.5, 0.6) is 0 Å². The first kappa shape index (κ1) is 22.4. The summed E-state index contributed by atoms with van der Waals surface area (Å²) in [5.74, 6) is 0. The van der Waals surface area contributed by atoms with E-state index in [4.69, 9.17) is 11.6 Å². The SMILES string of the molecule is O=[N+]([O-])c1cc(Cl)ccc1S(=O)(=O)N1CCN(C(c2ccccc2)c2ccccc2)CC1. The number of sulfonamides is 1. The lowest BCUT2D eigenvalue weighted by atomic mass is 9.96. The Labute approximate surface area is 192 Å². The molecule has 0 bridgehead atoms. The van der Waals surface area contributed by atoms with Crippen LogP contribution in [0.25, 0.3) is 0 Å². The van der Waals surface area contributed by atoms with Gasteiger partial charge in [0.2, 0.25) is 10.0 Å². The Kier molecular flexibility index (Phi) is 6.57. The van der Waals surface area contributed by atoms with Crippen LogP contribution in [0.15, 0.2) is 83.8 Å². The van der Waals surface area contributed by atoms with Crippen molar-refractivity contribution >= 4 is 27.3 Å². The average molecular weight is 472 g/mol. The Morgan fingerprint density at radius 3 is 1.88 bits per heavy atom. The van der Waals surface area contributed by atoms with Crippen LogP contribution in [0.1, 0.15) is 17.2 Å². The van der Waals surface area contributed by atoms with Crippen LogP contribution in [0.4, 0.5) is 5.69 Å². The van der Waals surface area contributed by atoms with Gasteiger partial charge in [0.15, 0.2) is 4.90 Å². The topological polar surface area (TPSA) is 83.8 Å². The van der Waals surface area contributed by atoms with Crippen LogP contribution >= 0.6 is 11.6 Å². The third kappa shape index (κ3) is 4.54. The third-order valence-corrected chi connectivity index (χ3v) is 7.79. The first-order chi connectivity index (χ1) is 15.4. The second-order valence-corrected chi connectivity index (χ2v) is 9.88. The molecule has 3 aromatic rings. The fraction of sp³-hybridized carbons (Fsp3) is 0.217. The van der Waals surface area contributed by atoms with Gasteiger partial charge in [0.05, 0.1) is 11.0 Å². The number of halogens is 1. The summed E-state index contributed by atoms with van der Waals surface area (Å²) in [5, 5.41) is 11.5. The molecule has 1 heterocycles. The summed E-state index contributed by atoms with van der Waals surface area (Å²) in [5.41, 5.74) is 1.75. The van der Waals surface area contributed by atoms with Crippen molar-refractivity contribution in [2.24, 2.45) is 0 Å². The summed E-state index contributed by atoms with van der Waals surface area (Å²) in [4.78, 5) is 12.6. The van der Waals surface area contributed by atoms with Gasteiger partial charge < -0.3 is 0 Å². The van der Waals surface area contributed by atoms with Crippen LogP contribution in [0.3, 0.4) is 0 Å². The van der Waals surface area contributed by atoms with E-state index in [0.29, 0.717) is 13.1 Å². The maximum atomic E-state index is 13.2. The average Bonchev–Trinajstić information content (AvgIpc) is 2.81. The minimum atomic E-state index is -4.03. The minimum absolute atomic E-state index is 0.00729. The van der Waals surface area contributed by atoms with Gasteiger partial charge in [0, 0.05) is 37.3 Å². The van der Waals surface area contributed by atoms with E-state index in [1.807, 2.05) is 36.4 Å². The van der Waals surface area contributed by atoms with E-state index in [1.54, 1.807) is 0 Å². The Morgan fingerprint density at radius 2 is 1.38 bits per heavy atom. The standard InChI is InChI=1S/C23H22ClN3O4S/c24-20-11-12-22(21(17-20)27(28)29)32(30,31)26-15-13-25(14-16-26)23(18-7-3-1-4-8-18)19-9-5-2-6-10-19/h1-12,17,23H,13-16H2. The summed E-state index contributed by atoms with van der Waals surface area (Å²) in [6, 6.07) is 23.8. The van der Waals surface area contributed by atoms with Gasteiger partial charge in [-0.15, -0.1) is 0 Å². The van der Waals surface area contributed by atoms with E-state index >= 15 is 0 Å². The lowest BCUT2D eigenvalue weighted by molar-refractivity contribution is -0.387. The van der Waals surface area contributed by atoms with E-state index in [-0.39, 0.29) is 29.0 Å². The van der Waals surface area contributed by atoms with E-state index in [2.05, 4.69) is 29.2 Å². The van der Waals surface area contributed by atoms with Crippen molar-refractivity contribution in [3.8, 4) is 0 Å². The molecule has 0 unspecified atom stereocenters. The first-order valence-electron chi connectivity index (χ1n) is 10.2. The van der Waals surface area contributed by atoms with Crippen LogP contribution in [0.2, 0.25) is 5.02 Å². The van der Waals surface area contributed by atoms with Crippen LogP contribution in [0, 0.1) is 10.1 Å². The van der Waals surface area contributed by atoms with Crippen LogP contribution in [-0.2, 0) is 10.0 Å². The molecule has 1 aliphatic heterocycles. The van der Waals surface area contributed by atoms with Crippen molar-refractivity contribution in [2.45, 2.75) is 10.9 Å². The first-order valence-corrected chi connectivity index (χ1v) is 12.0. The molecule has 0 N–H and O–H groups in total. The lowest BCUT2D eigenvalue weighted by Gasteiger charge is -2.39. The molecule has 0 aromatic heterocycles. The molecule has 0 amide bonds. The van der Waals surface area contributed by atoms with Gasteiger partial charge in [0.1, 0.15) is 0 Å². The Hall–Kier alpha value is -2.78. The number of piperazine rings is 1. The minimum Gasteiger partial charge on any atom is -0.290 e. The normalized spacial score (nSPS) is 15.7. The molecule has 7 nitrogen and oxygen atoms in total. The molecule has 4 rings (SSSR count). The smallest absolute Gasteiger partial charge is 0.290 e. The highest BCUT2D eigenvalue weighted by Crippen LogP contribution is 2.33. The maximum absolute atomic E-state index is 13.2. The van der Waals surface area contributed by atoms with Crippen molar-refractivity contribution in [1.82, 2.24) is 9.21 Å². The van der Waals surface area contributed by atoms with Crippen molar-refractivity contribution in [1.29, 1.82) is 0 Å². The number of nitro groups is 1. The summed E-state index contributed by atoms with van der Waals surface area (Å²) in [6.07, 6.45) is 0. The lowest BCUT2D eigenvalue weighted by Crippen LogP contribution is -2.49. The predicted octanol–water partition coefficient (Wildman–Crippen LogP) is 4.34. The van der Waals surface area contributed by atoms with Crippen LogP contribution in [-0.4, -0.2) is 48.7 Å². The monoisotopic (exact) mass is 471 g/mol. The largest absolute Gasteiger partial charge is 0.290 e. The molecule has 3 aromatic carbocycles. The predicted molar refractivity (Wildman–Crippen MR) is 123 cm³/mol. The third-order valence-electron chi connectivity index (χ3n) is 5.60. The molecular weight excluding hydrogens is 450 g/mol. The number of nitro benzene ring substituents is 1. The van der Waals surface area contributed by atoms with Crippen LogP contribution < -0.4 is 0 Å². The molecular formula is C23H22ClN3O4S. The highest BCUT2D eigenvalue weighted by atomic mass is 35.5. The molecule has 0 spiro atoms. The van der Waals surface area contributed by atoms with Crippen molar-refractivity contribution in [3.63, 3.8) is 0 Å². The maximum Gasteiger partial charge on any atom is 0.290 e. The quantitative estimate of drug-likeness (QED) is 0.394. The van der Waals surface area contributed by atoms with Gasteiger partial charge in [-0.25, -0.2) is 8.42 Å². The highest BCUT2D eigenvalue weighted by molar-refractivity contribution is 7.89. The summed E-state index contributed by atoms with van der Waals surface area (Å²) < 4.78 is 27.7. The number of nitrogens with zero attached hydrogens (tertiary/aromatic N) is 3. The number of hydrogen-bond acceptors (Lipinski definition) is 5. The molecule has 9 heteroatoms. The van der Waals surface area contributed by atoms with Crippen molar-refractivity contribution in [2.75, 3.05) is 26.2 Å². The summed E-state index contributed by atoms with van der Waals surface area (Å²) in [6.45, 7) is 1.46. The molecule has 1 aliphatic rings. The Bertz CT molecular complexity index is 1160. The molecule has 0 radical (unpaired) electrons. The highest BCUT2D eigenvalue weighted by Gasteiger charge is 2.35. The zero-order chi connectivity index (χ0) is 22.7. The van der Waals surface area contributed by atoms with E-state index in [0.717, 1.165) is 17.2 Å². The molecule has 1 saturated heterocycles.